The second-order valence-corrected chi connectivity index (χ2v) is 28.4. The molecule has 0 saturated heterocycles. The lowest BCUT2D eigenvalue weighted by Gasteiger charge is -2.04. The van der Waals surface area contributed by atoms with Crippen molar-refractivity contribution in [3.63, 3.8) is 0 Å². The molecule has 20 aromatic rings. The Morgan fingerprint density at radius 1 is 0.425 bits per heavy atom. The molecule has 0 amide bonds. The van der Waals surface area contributed by atoms with Crippen molar-refractivity contribution in [2.24, 2.45) is 19.1 Å². The number of aliphatic imine (C=N–C) groups is 1. The quantitative estimate of drug-likeness (QED) is 0.0589. The zero-order chi connectivity index (χ0) is 83.1. The maximum Gasteiger partial charge on any atom is 0.330 e. The normalized spacial score (nSPS) is 13.3. The molecule has 22 rings (SSSR count). The highest BCUT2D eigenvalue weighted by Crippen LogP contribution is 2.54. The van der Waals surface area contributed by atoms with Gasteiger partial charge >= 0.3 is 5.97 Å². The molecule has 0 bridgehead atoms. The molecule has 11 aromatic heterocycles. The largest absolute Gasteiger partial charge is 0.466 e. The summed E-state index contributed by atoms with van der Waals surface area (Å²) in [5, 5.41) is 9.86. The van der Waals surface area contributed by atoms with Crippen LogP contribution < -0.4 is 11.5 Å². The fourth-order valence-electron chi connectivity index (χ4n) is 14.6. The summed E-state index contributed by atoms with van der Waals surface area (Å²) in [6.07, 6.45) is 21.0. The van der Waals surface area contributed by atoms with Crippen molar-refractivity contribution < 1.29 is 20.1 Å². The standard InChI is InChI=1S/C23H18N4.C22H16N4.C22H15N3.C13H11NO2.C10H7NO.C9H9N3.CH3F/c1-27-21-11-10-19-15(6-4-12-24-19)22(21)26-23(27)17-13-16(17)20-9-8-14-5-2-3-7-18(14)25-20;1-26-20-12-11-19-17(6-4-14-23-19)22(20)25-21(26)13-10-16-9-8-15-5-2-3-7-18(15)24-16;1-2-6-20-15(4-1)7-9-17(24-20)10-11-18-14-16-8-12-21-19(22(16)25-18)5-3-13-23-21;1-16-13(15)9-8-11-7-6-10-4-2-3-5-12(10)14-11;12-7-9-6-5-8-3-1-2-4-10(8)11-9;10-7-3-4-8-6(9(7)11)2-1-5-12-8;1-2/h2-12,16-17H,13H2,1H3;2-14H,1H3;1-13H,14H2;2-9H,1H3;1-7H;1-5H,10-11H2;1H3/b;13-10+;11-10+;9-8+;;;/i;;;;;;1D. The minimum atomic E-state index is -1.00. The summed E-state index contributed by atoms with van der Waals surface area (Å²) >= 11 is 0. The van der Waals surface area contributed by atoms with Crippen LogP contribution in [0, 0.1) is 0 Å². The fraction of sp³-hybridized carbons (Fsp3) is 0.0800. The smallest absolute Gasteiger partial charge is 0.330 e. The van der Waals surface area contributed by atoms with E-state index in [9.17, 15) is 14.0 Å². The third-order valence-corrected chi connectivity index (χ3v) is 20.8. The summed E-state index contributed by atoms with van der Waals surface area (Å²) < 4.78 is 24.3. The number of carbonyl (C=O) groups is 2. The molecule has 4 N–H and O–H groups in total. The number of esters is 1. The van der Waals surface area contributed by atoms with Gasteiger partial charge in [0, 0.05) is 123 Å². The Hall–Kier alpha value is -15.8. The minimum Gasteiger partial charge on any atom is -0.466 e. The first-order valence-corrected chi connectivity index (χ1v) is 38.8. The van der Waals surface area contributed by atoms with Crippen LogP contribution in [0.3, 0.4) is 0 Å². The first kappa shape index (κ1) is 76.8. The van der Waals surface area contributed by atoms with E-state index in [1.165, 1.54) is 35.3 Å². The highest BCUT2D eigenvalue weighted by atomic mass is 19.1. The Morgan fingerprint density at radius 3 is 1.38 bits per heavy atom. The summed E-state index contributed by atoms with van der Waals surface area (Å²) in [6, 6.07) is 92.3. The Labute approximate surface area is 690 Å². The van der Waals surface area contributed by atoms with Gasteiger partial charge in [0.05, 0.1) is 121 Å². The number of alkyl halides is 1. The van der Waals surface area contributed by atoms with E-state index in [2.05, 4.69) is 170 Å². The van der Waals surface area contributed by atoms with Gasteiger partial charge < -0.3 is 25.3 Å². The number of fused-ring (bicyclic) bond motifs is 15. The van der Waals surface area contributed by atoms with E-state index in [1.807, 2.05) is 208 Å². The van der Waals surface area contributed by atoms with Crippen molar-refractivity contribution in [1.82, 2.24) is 64.0 Å². The molecule has 584 valence electrons. The topological polar surface area (TPSA) is 259 Å². The van der Waals surface area contributed by atoms with Crippen molar-refractivity contribution >= 4 is 180 Å². The number of imidazole rings is 2. The first-order valence-electron chi connectivity index (χ1n) is 39.5. The van der Waals surface area contributed by atoms with E-state index in [4.69, 9.17) is 32.8 Å². The predicted octanol–water partition coefficient (Wildman–Crippen LogP) is 21.4. The van der Waals surface area contributed by atoms with Crippen LogP contribution in [-0.2, 0) is 30.0 Å². The molecule has 120 heavy (non-hydrogen) atoms. The number of nitrogens with zero attached hydrogens (tertiary/aromatic N) is 14. The third kappa shape index (κ3) is 17.4. The monoisotopic (exact) mass is 1570 g/mol. The van der Waals surface area contributed by atoms with Crippen LogP contribution in [0.5, 0.6) is 0 Å². The van der Waals surface area contributed by atoms with E-state index >= 15 is 0 Å². The third-order valence-electron chi connectivity index (χ3n) is 20.8. The zero-order valence-electron chi connectivity index (χ0n) is 66.7. The van der Waals surface area contributed by atoms with Crippen LogP contribution in [0.4, 0.5) is 21.5 Å². The van der Waals surface area contributed by atoms with Gasteiger partial charge in [-0.15, -0.1) is 0 Å². The molecule has 1 aliphatic carbocycles. The van der Waals surface area contributed by atoms with Gasteiger partial charge in [-0.25, -0.2) is 34.7 Å². The van der Waals surface area contributed by atoms with E-state index in [-0.39, 0.29) is 5.97 Å². The Balaban J connectivity index is 0.000000110. The number of rotatable bonds is 9. The second-order valence-electron chi connectivity index (χ2n) is 28.4. The number of nitrogen functional groups attached to an aromatic ring is 2. The molecule has 2 unspecified atom stereocenters. The number of benzene rings is 9. The lowest BCUT2D eigenvalue weighted by Crippen LogP contribution is -1.97. The number of pyridine rings is 9. The molecule has 1 fully saturated rings. The molecule has 9 aromatic carbocycles. The van der Waals surface area contributed by atoms with Gasteiger partial charge in [0.1, 0.15) is 17.3 Å². The van der Waals surface area contributed by atoms with E-state index < -0.39 is 7.15 Å². The number of para-hydroxylation sites is 5. The first-order chi connectivity index (χ1) is 59.3. The van der Waals surface area contributed by atoms with Crippen molar-refractivity contribution in [3.05, 3.63) is 362 Å². The van der Waals surface area contributed by atoms with Crippen molar-refractivity contribution in [3.8, 4) is 0 Å². The molecule has 20 heteroatoms. The van der Waals surface area contributed by atoms with E-state index in [1.54, 1.807) is 24.4 Å². The van der Waals surface area contributed by atoms with Crippen LogP contribution in [0.25, 0.3) is 144 Å². The lowest BCUT2D eigenvalue weighted by atomic mass is 10.1. The van der Waals surface area contributed by atoms with Gasteiger partial charge in [-0.05, 0) is 194 Å². The number of hydrogen-bond donors (Lipinski definition) is 2. The summed E-state index contributed by atoms with van der Waals surface area (Å²) in [5.41, 5.74) is 33.2. The van der Waals surface area contributed by atoms with Crippen LogP contribution in [0.15, 0.2) is 321 Å². The Kier molecular flexibility index (Phi) is 23.0. The number of anilines is 2. The zero-order valence-corrected chi connectivity index (χ0v) is 65.7. The number of ether oxygens (including phenoxy) is 1. The van der Waals surface area contributed by atoms with Gasteiger partial charge in [0.25, 0.3) is 0 Å². The molecule has 0 radical (unpaired) electrons. The summed E-state index contributed by atoms with van der Waals surface area (Å²) in [6.45, 7) is 0. The number of aryl methyl sites for hydroxylation is 2. The Bertz CT molecular complexity index is 7390. The molecular formula is C100H79FN16O3. The molecule has 0 spiro atoms. The highest BCUT2D eigenvalue weighted by molar-refractivity contribution is 6.09. The Morgan fingerprint density at radius 2 is 0.850 bits per heavy atom. The maximum absolute atomic E-state index is 10.9. The molecule has 1 saturated carbocycles. The lowest BCUT2D eigenvalue weighted by molar-refractivity contribution is -0.134. The van der Waals surface area contributed by atoms with Gasteiger partial charge in [-0.3, -0.25) is 39.1 Å². The number of methoxy groups -OCH3 is 1. The number of hydrogen-bond acceptors (Lipinski definition) is 17. The van der Waals surface area contributed by atoms with Crippen LogP contribution >= 0.6 is 0 Å². The molecule has 19 nitrogen and oxygen atoms in total. The van der Waals surface area contributed by atoms with Crippen molar-refractivity contribution in [2.45, 2.75) is 24.7 Å². The number of allylic oxidation sites excluding steroid dienone is 1. The molecule has 1 aliphatic heterocycles. The van der Waals surface area contributed by atoms with Gasteiger partial charge in [-0.2, -0.15) is 0 Å². The number of nitrogens with two attached hydrogens (primary N) is 2. The summed E-state index contributed by atoms with van der Waals surface area (Å²) in [4.78, 5) is 76.2. The molecule has 12 heterocycles. The summed E-state index contributed by atoms with van der Waals surface area (Å²) in [5.74, 6) is 2.56. The number of halogens is 1. The van der Waals surface area contributed by atoms with Crippen molar-refractivity contribution in [1.29, 1.82) is 0 Å². The van der Waals surface area contributed by atoms with E-state index in [0.717, 1.165) is 169 Å². The second kappa shape index (κ2) is 35.9. The van der Waals surface area contributed by atoms with Crippen LogP contribution in [0.1, 0.15) is 70.1 Å². The fourth-order valence-corrected chi connectivity index (χ4v) is 14.6. The van der Waals surface area contributed by atoms with Crippen LogP contribution in [0.2, 0.25) is 0 Å². The minimum absolute atomic E-state index is 0.380. The SMILES string of the molecule is C(=C\c1ccc2ccccc2n1)/C1=Nc2c(ccc3ncccc23)C1.COC(=O)/C=C/c1ccc2ccccc2n1.Cn1c(/C=C/c2ccc3ccccc3n2)nc2c3cccnc3ccc21.Cn1c(C2CC2c2ccc3ccccc3n2)nc2c3cccnc3ccc21.Nc1ccc2ncccc2c1N.O=Cc1ccc2ccccc2n1.[2H]CF. The van der Waals surface area contributed by atoms with Gasteiger partial charge in [0.15, 0.2) is 6.29 Å². The van der Waals surface area contributed by atoms with E-state index in [0.29, 0.717) is 28.9 Å². The number of aldehydes is 1. The predicted molar refractivity (Wildman–Crippen MR) is 485 cm³/mol. The summed E-state index contributed by atoms with van der Waals surface area (Å²) in [7, 11) is 4.50. The molecule has 2 aliphatic rings. The number of aromatic nitrogens is 13. The van der Waals surface area contributed by atoms with Gasteiger partial charge in [0.2, 0.25) is 0 Å². The average molecular weight is 1570 g/mol. The molecular weight excluding hydrogens is 1490 g/mol. The molecule has 2 atom stereocenters. The number of carbonyl (C=O) groups excluding carboxylic acids is 2. The van der Waals surface area contributed by atoms with Gasteiger partial charge in [-0.1, -0.05) is 127 Å². The highest BCUT2D eigenvalue weighted by Gasteiger charge is 2.44. The maximum atomic E-state index is 10.9. The average Bonchev–Trinajstić information content (AvgIpc) is 1.57. The van der Waals surface area contributed by atoms with Crippen molar-refractivity contribution in [2.75, 3.05) is 25.7 Å². The van der Waals surface area contributed by atoms with Crippen LogP contribution in [-0.4, -0.2) is 96.2 Å².